The molecule has 0 spiro atoms. The summed E-state index contributed by atoms with van der Waals surface area (Å²) < 4.78 is 31.2. The summed E-state index contributed by atoms with van der Waals surface area (Å²) in [5, 5.41) is 9.26. The van der Waals surface area contributed by atoms with E-state index in [0.29, 0.717) is 18.4 Å². The van der Waals surface area contributed by atoms with Gasteiger partial charge in [0.15, 0.2) is 0 Å². The van der Waals surface area contributed by atoms with Gasteiger partial charge in [-0.3, -0.25) is 4.79 Å². The number of piperidine rings is 1. The molecule has 23 heavy (non-hydrogen) atoms. The number of hydrogen-bond donors (Lipinski definition) is 1. The van der Waals surface area contributed by atoms with Crippen LogP contribution >= 0.6 is 0 Å². The molecule has 1 N–H and O–H groups in total. The molecule has 126 valence electrons. The zero-order valence-corrected chi connectivity index (χ0v) is 13.8. The Kier molecular flexibility index (Phi) is 5.06. The minimum Gasteiger partial charge on any atom is -0.480 e. The minimum absolute atomic E-state index is 0.100. The van der Waals surface area contributed by atoms with Crippen LogP contribution in [0.4, 0.5) is 0 Å². The number of methoxy groups -OCH3 is 1. The normalized spacial score (nSPS) is 19.3. The van der Waals surface area contributed by atoms with Crippen molar-refractivity contribution in [3.8, 4) is 0 Å². The number of nitrogens with zero attached hydrogens (tertiary/aromatic N) is 1. The fourth-order valence-electron chi connectivity index (χ4n) is 2.67. The van der Waals surface area contributed by atoms with Gasteiger partial charge in [0.1, 0.15) is 6.04 Å². The zero-order valence-electron chi connectivity index (χ0n) is 13.0. The van der Waals surface area contributed by atoms with Gasteiger partial charge in [-0.05, 0) is 43.9 Å². The Hall–Kier alpha value is -1.93. The number of ether oxygens (including phenoxy) is 1. The maximum Gasteiger partial charge on any atom is 0.338 e. The highest BCUT2D eigenvalue weighted by Gasteiger charge is 2.37. The van der Waals surface area contributed by atoms with Crippen LogP contribution in [0, 0.1) is 6.92 Å². The average molecular weight is 341 g/mol. The number of carbonyl (C=O) groups excluding carboxylic acids is 1. The number of esters is 1. The van der Waals surface area contributed by atoms with E-state index in [1.165, 1.54) is 25.3 Å². The smallest absolute Gasteiger partial charge is 0.338 e. The Bertz CT molecular complexity index is 727. The molecule has 1 aliphatic heterocycles. The SMILES string of the molecule is COC(=O)c1cc(S(=O)(=O)N2CCCCC2C(=O)O)ccc1C. The molecule has 0 saturated carbocycles. The molecule has 0 radical (unpaired) electrons. The van der Waals surface area contributed by atoms with Crippen molar-refractivity contribution in [2.45, 2.75) is 37.1 Å². The first-order chi connectivity index (χ1) is 10.8. The average Bonchev–Trinajstić information content (AvgIpc) is 2.54. The van der Waals surface area contributed by atoms with Crippen LogP contribution in [-0.2, 0) is 19.6 Å². The molecule has 0 amide bonds. The van der Waals surface area contributed by atoms with Crippen molar-refractivity contribution in [3.63, 3.8) is 0 Å². The van der Waals surface area contributed by atoms with Crippen LogP contribution in [0.2, 0.25) is 0 Å². The van der Waals surface area contributed by atoms with Gasteiger partial charge in [-0.2, -0.15) is 4.31 Å². The topological polar surface area (TPSA) is 101 Å². The monoisotopic (exact) mass is 341 g/mol. The molecule has 0 aromatic heterocycles. The van der Waals surface area contributed by atoms with Crippen LogP contribution in [0.1, 0.15) is 35.2 Å². The molecule has 1 unspecified atom stereocenters. The van der Waals surface area contributed by atoms with Crippen LogP contribution in [0.5, 0.6) is 0 Å². The first-order valence-corrected chi connectivity index (χ1v) is 8.66. The van der Waals surface area contributed by atoms with Gasteiger partial charge >= 0.3 is 11.9 Å². The predicted octanol–water partition coefficient (Wildman–Crippen LogP) is 1.41. The van der Waals surface area contributed by atoms with Gasteiger partial charge in [-0.15, -0.1) is 0 Å². The van der Waals surface area contributed by atoms with Crippen LogP contribution in [0.15, 0.2) is 23.1 Å². The van der Waals surface area contributed by atoms with Gasteiger partial charge in [0.25, 0.3) is 0 Å². The fraction of sp³-hybridized carbons (Fsp3) is 0.467. The van der Waals surface area contributed by atoms with E-state index >= 15 is 0 Å². The van der Waals surface area contributed by atoms with Gasteiger partial charge < -0.3 is 9.84 Å². The van der Waals surface area contributed by atoms with E-state index in [1.54, 1.807) is 6.92 Å². The summed E-state index contributed by atoms with van der Waals surface area (Å²) in [4.78, 5) is 23.0. The second-order valence-electron chi connectivity index (χ2n) is 5.43. The van der Waals surface area contributed by atoms with Crippen molar-refractivity contribution in [1.82, 2.24) is 4.31 Å². The van der Waals surface area contributed by atoms with Crippen molar-refractivity contribution in [1.29, 1.82) is 0 Å². The van der Waals surface area contributed by atoms with Crippen molar-refractivity contribution in [2.75, 3.05) is 13.7 Å². The molecule has 1 atom stereocenters. The maximum absolute atomic E-state index is 12.8. The number of benzene rings is 1. The van der Waals surface area contributed by atoms with Gasteiger partial charge in [0, 0.05) is 6.54 Å². The molecule has 7 nitrogen and oxygen atoms in total. The quantitative estimate of drug-likeness (QED) is 0.831. The van der Waals surface area contributed by atoms with Crippen LogP contribution < -0.4 is 0 Å². The van der Waals surface area contributed by atoms with E-state index in [1.807, 2.05) is 0 Å². The summed E-state index contributed by atoms with van der Waals surface area (Å²) in [7, 11) is -2.78. The Labute approximate surface area is 134 Å². The van der Waals surface area contributed by atoms with Gasteiger partial charge in [-0.1, -0.05) is 6.07 Å². The Morgan fingerprint density at radius 1 is 1.30 bits per heavy atom. The van der Waals surface area contributed by atoms with E-state index in [4.69, 9.17) is 0 Å². The van der Waals surface area contributed by atoms with Crippen LogP contribution in [-0.4, -0.2) is 49.5 Å². The summed E-state index contributed by atoms with van der Waals surface area (Å²) in [6.07, 6.45) is 1.56. The van der Waals surface area contributed by atoms with Crippen molar-refractivity contribution in [2.24, 2.45) is 0 Å². The van der Waals surface area contributed by atoms with Crippen molar-refractivity contribution < 1.29 is 27.9 Å². The molecule has 1 saturated heterocycles. The molecule has 2 rings (SSSR count). The summed E-state index contributed by atoms with van der Waals surface area (Å²) in [5.41, 5.74) is 0.738. The molecular weight excluding hydrogens is 322 g/mol. The second-order valence-corrected chi connectivity index (χ2v) is 7.32. The maximum atomic E-state index is 12.8. The molecule has 1 aromatic rings. The van der Waals surface area contributed by atoms with Crippen LogP contribution in [0.25, 0.3) is 0 Å². The third-order valence-corrected chi connectivity index (χ3v) is 5.86. The molecule has 8 heteroatoms. The lowest BCUT2D eigenvalue weighted by Crippen LogP contribution is -2.47. The highest BCUT2D eigenvalue weighted by atomic mass is 32.2. The zero-order chi connectivity index (χ0) is 17.2. The van der Waals surface area contributed by atoms with Crippen molar-refractivity contribution >= 4 is 22.0 Å². The first-order valence-electron chi connectivity index (χ1n) is 7.22. The highest BCUT2D eigenvalue weighted by molar-refractivity contribution is 7.89. The predicted molar refractivity (Wildman–Crippen MR) is 81.7 cm³/mol. The van der Waals surface area contributed by atoms with Gasteiger partial charge in [0.2, 0.25) is 10.0 Å². The van der Waals surface area contributed by atoms with E-state index in [0.717, 1.165) is 4.31 Å². The number of aryl methyl sites for hydroxylation is 1. The molecule has 1 heterocycles. The lowest BCUT2D eigenvalue weighted by molar-refractivity contribution is -0.142. The number of aliphatic carboxylic acids is 1. The fourth-order valence-corrected chi connectivity index (χ4v) is 4.34. The Morgan fingerprint density at radius 3 is 2.61 bits per heavy atom. The van der Waals surface area contributed by atoms with Gasteiger partial charge in [-0.25, -0.2) is 13.2 Å². The first kappa shape index (κ1) is 17.4. The van der Waals surface area contributed by atoms with Crippen LogP contribution in [0.3, 0.4) is 0 Å². The molecule has 0 aliphatic carbocycles. The summed E-state index contributed by atoms with van der Waals surface area (Å²) in [6.45, 7) is 1.82. The lowest BCUT2D eigenvalue weighted by Gasteiger charge is -2.32. The number of carboxylic acid groups (broad SMARTS) is 1. The molecule has 0 bridgehead atoms. The van der Waals surface area contributed by atoms with Gasteiger partial charge in [0.05, 0.1) is 17.6 Å². The number of carboxylic acids is 1. The summed E-state index contributed by atoms with van der Waals surface area (Å²) >= 11 is 0. The minimum atomic E-state index is -3.99. The summed E-state index contributed by atoms with van der Waals surface area (Å²) in [5.74, 6) is -1.79. The Morgan fingerprint density at radius 2 is 2.00 bits per heavy atom. The molecular formula is C15H19NO6S. The Balaban J connectivity index is 2.46. The number of hydrogen-bond acceptors (Lipinski definition) is 5. The third-order valence-electron chi connectivity index (χ3n) is 3.96. The molecule has 1 aliphatic rings. The molecule has 1 fully saturated rings. The number of carbonyl (C=O) groups is 2. The third kappa shape index (κ3) is 3.37. The van der Waals surface area contributed by atoms with E-state index in [-0.39, 0.29) is 23.4 Å². The van der Waals surface area contributed by atoms with E-state index in [2.05, 4.69) is 4.74 Å². The van der Waals surface area contributed by atoms with Crippen molar-refractivity contribution in [3.05, 3.63) is 29.3 Å². The van der Waals surface area contributed by atoms with E-state index < -0.39 is 28.0 Å². The highest BCUT2D eigenvalue weighted by Crippen LogP contribution is 2.27. The summed E-state index contributed by atoms with van der Waals surface area (Å²) in [6, 6.07) is 3.06. The second kappa shape index (κ2) is 6.67. The largest absolute Gasteiger partial charge is 0.480 e. The van der Waals surface area contributed by atoms with E-state index in [9.17, 15) is 23.1 Å². The lowest BCUT2D eigenvalue weighted by atomic mass is 10.1. The molecule has 1 aromatic carbocycles. The number of sulfonamides is 1. The standard InChI is InChI=1S/C15H19NO6S/c1-10-6-7-11(9-12(10)15(19)22-2)23(20,21)16-8-4-3-5-13(16)14(17)18/h6-7,9,13H,3-5,8H2,1-2H3,(H,17,18). The number of rotatable bonds is 4.